The molecule has 1 N–H and O–H groups in total. The van der Waals surface area contributed by atoms with E-state index in [-0.39, 0.29) is 5.91 Å². The maximum Gasteiger partial charge on any atom is 0.272 e. The Bertz CT molecular complexity index is 1140. The van der Waals surface area contributed by atoms with Crippen LogP contribution in [0.4, 0.5) is 5.69 Å². The third kappa shape index (κ3) is 4.04. The van der Waals surface area contributed by atoms with Gasteiger partial charge in [0.2, 0.25) is 0 Å². The fourth-order valence-corrected chi connectivity index (χ4v) is 3.40. The minimum atomic E-state index is -0.176. The van der Waals surface area contributed by atoms with E-state index in [0.717, 1.165) is 22.6 Å². The number of fused-ring (bicyclic) bond motifs is 1. The number of carbonyl (C=O) groups is 1. The molecule has 148 valence electrons. The first kappa shape index (κ1) is 18.9. The molecule has 0 fully saturated rings. The normalized spacial score (nSPS) is 11.0. The summed E-state index contributed by atoms with van der Waals surface area (Å²) in [5.74, 6) is 1.43. The summed E-state index contributed by atoms with van der Waals surface area (Å²) in [6.07, 6.45) is 0. The van der Waals surface area contributed by atoms with Crippen molar-refractivity contribution in [3.63, 3.8) is 0 Å². The predicted molar refractivity (Wildman–Crippen MR) is 115 cm³/mol. The second kappa shape index (κ2) is 7.87. The van der Waals surface area contributed by atoms with Gasteiger partial charge >= 0.3 is 0 Å². The lowest BCUT2D eigenvalue weighted by Gasteiger charge is -2.11. The lowest BCUT2D eigenvalue weighted by Crippen LogP contribution is -2.17. The van der Waals surface area contributed by atoms with Crippen molar-refractivity contribution >= 4 is 22.7 Å². The largest absolute Gasteiger partial charge is 0.494 e. The van der Waals surface area contributed by atoms with Crippen molar-refractivity contribution < 1.29 is 13.9 Å². The monoisotopic (exact) mass is 388 g/mol. The molecule has 29 heavy (non-hydrogen) atoms. The topological polar surface area (TPSA) is 56.4 Å². The van der Waals surface area contributed by atoms with Gasteiger partial charge < -0.3 is 19.0 Å². The molecular formula is C24H24N2O3. The Morgan fingerprint density at radius 3 is 2.45 bits per heavy atom. The summed E-state index contributed by atoms with van der Waals surface area (Å²) in [5.41, 5.74) is 5.25. The number of nitrogens with one attached hydrogen (secondary N) is 1. The van der Waals surface area contributed by atoms with E-state index in [0.29, 0.717) is 30.1 Å². The summed E-state index contributed by atoms with van der Waals surface area (Å²) >= 11 is 0. The first-order valence-corrected chi connectivity index (χ1v) is 9.73. The molecule has 2 heterocycles. The van der Waals surface area contributed by atoms with Crippen molar-refractivity contribution in [1.29, 1.82) is 0 Å². The van der Waals surface area contributed by atoms with Crippen LogP contribution in [-0.4, -0.2) is 17.1 Å². The Hall–Kier alpha value is -3.47. The van der Waals surface area contributed by atoms with Crippen molar-refractivity contribution in [2.75, 3.05) is 11.9 Å². The van der Waals surface area contributed by atoms with Gasteiger partial charge in [-0.05, 0) is 50.6 Å². The third-order valence-electron chi connectivity index (χ3n) is 4.83. The minimum Gasteiger partial charge on any atom is -0.494 e. The van der Waals surface area contributed by atoms with Crippen LogP contribution in [0.1, 0.15) is 34.3 Å². The Balaban J connectivity index is 1.64. The number of aryl methyl sites for hydroxylation is 2. The van der Waals surface area contributed by atoms with Crippen LogP contribution in [0.5, 0.6) is 5.75 Å². The second-order valence-corrected chi connectivity index (χ2v) is 7.12. The summed E-state index contributed by atoms with van der Waals surface area (Å²) in [5, 5.41) is 2.97. The van der Waals surface area contributed by atoms with Crippen molar-refractivity contribution in [2.24, 2.45) is 0 Å². The molecule has 2 aromatic heterocycles. The van der Waals surface area contributed by atoms with Gasteiger partial charge in [0.25, 0.3) is 5.91 Å². The zero-order valence-electron chi connectivity index (χ0n) is 16.9. The summed E-state index contributed by atoms with van der Waals surface area (Å²) in [6.45, 7) is 7.11. The number of nitrogens with zero attached hydrogens (tertiary/aromatic N) is 1. The van der Waals surface area contributed by atoms with E-state index in [1.54, 1.807) is 6.07 Å². The average molecular weight is 388 g/mol. The van der Waals surface area contributed by atoms with Crippen LogP contribution in [0.2, 0.25) is 0 Å². The number of ether oxygens (including phenoxy) is 1. The fourth-order valence-electron chi connectivity index (χ4n) is 3.40. The number of benzene rings is 2. The highest BCUT2D eigenvalue weighted by Gasteiger charge is 2.19. The summed E-state index contributed by atoms with van der Waals surface area (Å²) in [7, 11) is 0. The average Bonchev–Trinajstić information content (AvgIpc) is 3.22. The van der Waals surface area contributed by atoms with Gasteiger partial charge in [0.05, 0.1) is 12.1 Å². The van der Waals surface area contributed by atoms with E-state index in [4.69, 9.17) is 9.15 Å². The van der Waals surface area contributed by atoms with Crippen LogP contribution in [-0.2, 0) is 6.54 Å². The lowest BCUT2D eigenvalue weighted by molar-refractivity contribution is 0.101. The van der Waals surface area contributed by atoms with E-state index in [9.17, 15) is 4.79 Å². The predicted octanol–water partition coefficient (Wildman–Crippen LogP) is 5.55. The maximum atomic E-state index is 13.0. The molecule has 1 amide bonds. The van der Waals surface area contributed by atoms with E-state index in [1.165, 1.54) is 5.56 Å². The van der Waals surface area contributed by atoms with Crippen LogP contribution < -0.4 is 10.1 Å². The molecular weight excluding hydrogens is 364 g/mol. The first-order chi connectivity index (χ1) is 14.0. The van der Waals surface area contributed by atoms with Crippen molar-refractivity contribution in [3.8, 4) is 5.75 Å². The van der Waals surface area contributed by atoms with Crippen LogP contribution in [0, 0.1) is 13.8 Å². The number of rotatable bonds is 6. The molecule has 0 radical (unpaired) electrons. The zero-order chi connectivity index (χ0) is 20.4. The van der Waals surface area contributed by atoms with Crippen molar-refractivity contribution in [2.45, 2.75) is 27.3 Å². The van der Waals surface area contributed by atoms with E-state index in [1.807, 2.05) is 48.7 Å². The number of amides is 1. The minimum absolute atomic E-state index is 0.176. The van der Waals surface area contributed by atoms with E-state index >= 15 is 0 Å². The second-order valence-electron chi connectivity index (χ2n) is 7.12. The van der Waals surface area contributed by atoms with E-state index in [2.05, 4.69) is 36.5 Å². The van der Waals surface area contributed by atoms with Crippen LogP contribution >= 0.6 is 0 Å². The zero-order valence-corrected chi connectivity index (χ0v) is 16.9. The van der Waals surface area contributed by atoms with Gasteiger partial charge in [0.15, 0.2) is 5.58 Å². The van der Waals surface area contributed by atoms with Crippen LogP contribution in [0.25, 0.3) is 11.1 Å². The maximum absolute atomic E-state index is 13.0. The summed E-state index contributed by atoms with van der Waals surface area (Å²) < 4.78 is 13.2. The molecule has 4 rings (SSSR count). The Labute approximate surface area is 169 Å². The van der Waals surface area contributed by atoms with Crippen molar-refractivity contribution in [1.82, 2.24) is 4.57 Å². The molecule has 0 saturated carbocycles. The first-order valence-electron chi connectivity index (χ1n) is 9.73. The van der Waals surface area contributed by atoms with Gasteiger partial charge in [0, 0.05) is 24.4 Å². The molecule has 4 aromatic rings. The highest BCUT2D eigenvalue weighted by molar-refractivity contribution is 6.06. The number of furan rings is 1. The third-order valence-corrected chi connectivity index (χ3v) is 4.83. The summed E-state index contributed by atoms with van der Waals surface area (Å²) in [6, 6.07) is 19.5. The molecule has 2 aromatic carbocycles. The summed E-state index contributed by atoms with van der Waals surface area (Å²) in [4.78, 5) is 13.0. The quantitative estimate of drug-likeness (QED) is 0.471. The standard InChI is InChI=1S/C24H24N2O3/c1-4-28-20-11-9-19(10-12-20)25-24(27)22-14-23-21(13-17(3)29-23)26(22)15-18-7-5-16(2)6-8-18/h5-14H,4,15H2,1-3H3,(H,25,27). The molecule has 0 bridgehead atoms. The number of aromatic nitrogens is 1. The molecule has 0 atom stereocenters. The molecule has 0 aliphatic rings. The molecule has 0 aliphatic carbocycles. The Kier molecular flexibility index (Phi) is 5.12. The van der Waals surface area contributed by atoms with Gasteiger partial charge in [-0.2, -0.15) is 0 Å². The smallest absolute Gasteiger partial charge is 0.272 e. The van der Waals surface area contributed by atoms with Gasteiger partial charge in [0.1, 0.15) is 17.2 Å². The molecule has 0 unspecified atom stereocenters. The number of hydrogen-bond acceptors (Lipinski definition) is 3. The molecule has 0 aliphatic heterocycles. The lowest BCUT2D eigenvalue weighted by atomic mass is 10.1. The SMILES string of the molecule is CCOc1ccc(NC(=O)c2cc3oc(C)cc3n2Cc2ccc(C)cc2)cc1. The number of carbonyl (C=O) groups excluding carboxylic acids is 1. The highest BCUT2D eigenvalue weighted by Crippen LogP contribution is 2.26. The molecule has 5 nitrogen and oxygen atoms in total. The number of anilines is 1. The Morgan fingerprint density at radius 1 is 1.03 bits per heavy atom. The van der Waals surface area contributed by atoms with Crippen LogP contribution in [0.3, 0.4) is 0 Å². The van der Waals surface area contributed by atoms with Gasteiger partial charge in [-0.3, -0.25) is 4.79 Å². The van der Waals surface area contributed by atoms with E-state index < -0.39 is 0 Å². The number of hydrogen-bond donors (Lipinski definition) is 1. The molecule has 0 spiro atoms. The van der Waals surface area contributed by atoms with Crippen LogP contribution in [0.15, 0.2) is 65.1 Å². The molecule has 5 heteroatoms. The Morgan fingerprint density at radius 2 is 1.76 bits per heavy atom. The van der Waals surface area contributed by atoms with Gasteiger partial charge in [-0.15, -0.1) is 0 Å². The van der Waals surface area contributed by atoms with Gasteiger partial charge in [-0.25, -0.2) is 0 Å². The van der Waals surface area contributed by atoms with Crippen molar-refractivity contribution in [3.05, 3.63) is 83.2 Å². The van der Waals surface area contributed by atoms with Gasteiger partial charge in [-0.1, -0.05) is 29.8 Å². The fraction of sp³-hybridized carbons (Fsp3) is 0.208. The highest BCUT2D eigenvalue weighted by atomic mass is 16.5. The molecule has 0 saturated heterocycles.